The third-order valence-electron chi connectivity index (χ3n) is 6.25. The van der Waals surface area contributed by atoms with Gasteiger partial charge in [-0.15, -0.1) is 0 Å². The molecule has 0 amide bonds. The third-order valence-corrected chi connectivity index (χ3v) is 8.75. The number of aryl methyl sites for hydroxylation is 1. The van der Waals surface area contributed by atoms with Crippen molar-refractivity contribution in [3.63, 3.8) is 0 Å². The topological polar surface area (TPSA) is 137 Å². The van der Waals surface area contributed by atoms with Crippen LogP contribution < -0.4 is 19.8 Å². The Labute approximate surface area is 230 Å². The van der Waals surface area contributed by atoms with Gasteiger partial charge in [-0.2, -0.15) is 0 Å². The Bertz CT molecular complexity index is 2010. The van der Waals surface area contributed by atoms with E-state index in [4.69, 9.17) is 9.47 Å². The van der Waals surface area contributed by atoms with Crippen molar-refractivity contribution < 1.29 is 26.3 Å². The first-order valence-electron chi connectivity index (χ1n) is 11.9. The van der Waals surface area contributed by atoms with Crippen molar-refractivity contribution in [2.45, 2.75) is 9.79 Å². The summed E-state index contributed by atoms with van der Waals surface area (Å²) >= 11 is 0. The maximum absolute atomic E-state index is 12.9. The molecule has 0 radical (unpaired) electrons. The summed E-state index contributed by atoms with van der Waals surface area (Å²) in [4.78, 5) is 15.7. The molecule has 5 rings (SSSR count). The van der Waals surface area contributed by atoms with E-state index < -0.39 is 19.9 Å². The molecule has 10 nitrogen and oxygen atoms in total. The molecule has 0 fully saturated rings. The number of H-pyrrole nitrogens is 1. The number of aromatic amines is 1. The number of sulfone groups is 1. The van der Waals surface area contributed by atoms with Crippen molar-refractivity contribution in [2.75, 3.05) is 18.1 Å². The Morgan fingerprint density at radius 2 is 1.57 bits per heavy atom. The molecular formula is C28H25N3O7S2. The summed E-state index contributed by atoms with van der Waals surface area (Å²) in [5.74, 6) is 1.14. The fourth-order valence-corrected chi connectivity index (χ4v) is 5.94. The highest BCUT2D eigenvalue weighted by Crippen LogP contribution is 2.38. The second-order valence-electron chi connectivity index (χ2n) is 9.07. The second-order valence-corrected chi connectivity index (χ2v) is 12.8. The Hall–Kier alpha value is -4.55. The van der Waals surface area contributed by atoms with Gasteiger partial charge < -0.3 is 19.0 Å². The van der Waals surface area contributed by atoms with Crippen LogP contribution in [-0.4, -0.2) is 39.8 Å². The Kier molecular flexibility index (Phi) is 6.90. The van der Waals surface area contributed by atoms with Crippen LogP contribution in [0.15, 0.2) is 99.8 Å². The van der Waals surface area contributed by atoms with Gasteiger partial charge in [0.05, 0.1) is 22.6 Å². The van der Waals surface area contributed by atoms with Crippen molar-refractivity contribution in [3.8, 4) is 28.4 Å². The van der Waals surface area contributed by atoms with Gasteiger partial charge in [-0.1, -0.05) is 6.07 Å². The number of rotatable bonds is 8. The second kappa shape index (κ2) is 10.2. The lowest BCUT2D eigenvalue weighted by Crippen LogP contribution is -2.16. The number of nitrogens with one attached hydrogen (secondary N) is 2. The minimum atomic E-state index is -3.89. The summed E-state index contributed by atoms with van der Waals surface area (Å²) in [6.45, 7) is 0. The standard InChI is InChI=1S/C28H25N3O7S2/c1-31-17-25(23-13-14-29-27(23)28(31)32)24-16-22(39(3,33)34)11-12-26(24)38-20-6-4-5-18(15-20)30-40(35,36)21-9-7-19(37-2)8-10-21/h4-17,29-30H,1-3H3. The van der Waals surface area contributed by atoms with Gasteiger partial charge in [-0.05, 0) is 60.7 Å². The van der Waals surface area contributed by atoms with E-state index in [1.807, 2.05) is 0 Å². The van der Waals surface area contributed by atoms with Crippen LogP contribution in [0.5, 0.6) is 17.2 Å². The normalized spacial score (nSPS) is 11.9. The fourth-order valence-electron chi connectivity index (χ4n) is 4.24. The molecule has 0 unspecified atom stereocenters. The number of aromatic nitrogens is 2. The summed E-state index contributed by atoms with van der Waals surface area (Å²) in [5, 5.41) is 0.597. The van der Waals surface area contributed by atoms with Crippen LogP contribution >= 0.6 is 0 Å². The highest BCUT2D eigenvalue weighted by molar-refractivity contribution is 7.92. The van der Waals surface area contributed by atoms with E-state index in [0.717, 1.165) is 6.26 Å². The molecule has 40 heavy (non-hydrogen) atoms. The summed E-state index contributed by atoms with van der Waals surface area (Å²) in [5.41, 5.74) is 1.41. The summed E-state index contributed by atoms with van der Waals surface area (Å²) < 4.78 is 65.8. The van der Waals surface area contributed by atoms with Crippen LogP contribution in [0.2, 0.25) is 0 Å². The van der Waals surface area contributed by atoms with Crippen molar-refractivity contribution in [3.05, 3.63) is 95.5 Å². The summed E-state index contributed by atoms with van der Waals surface area (Å²) in [6, 6.07) is 18.5. The minimum absolute atomic E-state index is 0.0588. The fraction of sp³-hybridized carbons (Fsp3) is 0.107. The summed E-state index contributed by atoms with van der Waals surface area (Å²) in [7, 11) is -4.35. The third kappa shape index (κ3) is 5.31. The molecule has 2 N–H and O–H groups in total. The number of pyridine rings is 1. The van der Waals surface area contributed by atoms with E-state index in [0.29, 0.717) is 39.3 Å². The number of ether oxygens (including phenoxy) is 2. The molecule has 0 spiro atoms. The van der Waals surface area contributed by atoms with Crippen LogP contribution in [0.4, 0.5) is 5.69 Å². The number of fused-ring (bicyclic) bond motifs is 1. The molecule has 12 heteroatoms. The van der Waals surface area contributed by atoms with Crippen LogP contribution in [0.25, 0.3) is 22.0 Å². The predicted octanol–water partition coefficient (Wildman–Crippen LogP) is 4.54. The number of anilines is 1. The summed E-state index contributed by atoms with van der Waals surface area (Å²) in [6.07, 6.45) is 4.36. The van der Waals surface area contributed by atoms with Gasteiger partial charge in [-0.3, -0.25) is 9.52 Å². The van der Waals surface area contributed by atoms with Crippen molar-refractivity contribution >= 4 is 36.5 Å². The largest absolute Gasteiger partial charge is 0.497 e. The van der Waals surface area contributed by atoms with Crippen LogP contribution in [0.1, 0.15) is 0 Å². The molecule has 0 aliphatic carbocycles. The van der Waals surface area contributed by atoms with E-state index in [1.54, 1.807) is 55.8 Å². The molecule has 0 aliphatic heterocycles. The molecule has 2 heterocycles. The molecule has 0 bridgehead atoms. The molecule has 3 aromatic carbocycles. The maximum atomic E-state index is 12.9. The van der Waals surface area contributed by atoms with Crippen molar-refractivity contribution in [2.24, 2.45) is 7.05 Å². The zero-order valence-corrected chi connectivity index (χ0v) is 23.3. The Morgan fingerprint density at radius 1 is 0.850 bits per heavy atom. The first kappa shape index (κ1) is 27.0. The van der Waals surface area contributed by atoms with E-state index in [1.165, 1.54) is 48.1 Å². The molecule has 0 saturated heterocycles. The molecule has 5 aromatic rings. The number of benzene rings is 3. The highest BCUT2D eigenvalue weighted by Gasteiger charge is 2.19. The predicted molar refractivity (Wildman–Crippen MR) is 152 cm³/mol. The molecule has 2 aromatic heterocycles. The maximum Gasteiger partial charge on any atom is 0.274 e. The molecule has 0 saturated carbocycles. The van der Waals surface area contributed by atoms with Crippen molar-refractivity contribution in [1.82, 2.24) is 9.55 Å². The van der Waals surface area contributed by atoms with Gasteiger partial charge in [0.1, 0.15) is 22.8 Å². The van der Waals surface area contributed by atoms with E-state index in [-0.39, 0.29) is 21.0 Å². The van der Waals surface area contributed by atoms with Crippen molar-refractivity contribution in [1.29, 1.82) is 0 Å². The van der Waals surface area contributed by atoms with Gasteiger partial charge in [0.25, 0.3) is 15.6 Å². The molecule has 0 atom stereocenters. The average molecular weight is 580 g/mol. The number of methoxy groups -OCH3 is 1. The molecular weight excluding hydrogens is 554 g/mol. The smallest absolute Gasteiger partial charge is 0.274 e. The van der Waals surface area contributed by atoms with Gasteiger partial charge in [0.2, 0.25) is 0 Å². The molecule has 206 valence electrons. The lowest BCUT2D eigenvalue weighted by molar-refractivity contribution is 0.414. The number of hydrogen-bond acceptors (Lipinski definition) is 7. The minimum Gasteiger partial charge on any atom is -0.497 e. The van der Waals surface area contributed by atoms with E-state index in [9.17, 15) is 21.6 Å². The van der Waals surface area contributed by atoms with Gasteiger partial charge >= 0.3 is 0 Å². The number of nitrogens with zero attached hydrogens (tertiary/aromatic N) is 1. The average Bonchev–Trinajstić information content (AvgIpc) is 3.41. The lowest BCUT2D eigenvalue weighted by atomic mass is 10.0. The first-order valence-corrected chi connectivity index (χ1v) is 15.3. The zero-order valence-electron chi connectivity index (χ0n) is 21.7. The first-order chi connectivity index (χ1) is 19.0. The monoisotopic (exact) mass is 579 g/mol. The van der Waals surface area contributed by atoms with E-state index in [2.05, 4.69) is 9.71 Å². The Balaban J connectivity index is 1.54. The van der Waals surface area contributed by atoms with Gasteiger partial charge in [0.15, 0.2) is 9.84 Å². The number of hydrogen-bond donors (Lipinski definition) is 2. The highest BCUT2D eigenvalue weighted by atomic mass is 32.2. The van der Waals surface area contributed by atoms with E-state index >= 15 is 0 Å². The quantitative estimate of drug-likeness (QED) is 0.275. The SMILES string of the molecule is COc1ccc(S(=O)(=O)Nc2cccc(Oc3ccc(S(C)(=O)=O)cc3-c3cn(C)c(=O)c4[nH]ccc34)c2)cc1. The van der Waals surface area contributed by atoms with Gasteiger partial charge in [-0.25, -0.2) is 16.8 Å². The van der Waals surface area contributed by atoms with Crippen LogP contribution in [0, 0.1) is 0 Å². The molecule has 0 aliphatic rings. The number of sulfonamides is 1. The Morgan fingerprint density at radius 3 is 2.27 bits per heavy atom. The van der Waals surface area contributed by atoms with Crippen LogP contribution in [-0.2, 0) is 26.9 Å². The zero-order chi connectivity index (χ0) is 28.7. The van der Waals surface area contributed by atoms with Crippen LogP contribution in [0.3, 0.4) is 0 Å². The lowest BCUT2D eigenvalue weighted by Gasteiger charge is -2.15. The van der Waals surface area contributed by atoms with Gasteiger partial charge in [0, 0.05) is 48.3 Å².